The minimum atomic E-state index is -0.789. The van der Waals surface area contributed by atoms with E-state index < -0.39 is 18.0 Å². The second-order valence-electron chi connectivity index (χ2n) is 2.94. The second kappa shape index (κ2) is 7.44. The lowest BCUT2D eigenvalue weighted by atomic mass is 10.2. The molecule has 1 atom stereocenters. The van der Waals surface area contributed by atoms with E-state index in [9.17, 15) is 14.4 Å². The van der Waals surface area contributed by atoms with Crippen molar-refractivity contribution in [3.8, 4) is 0 Å². The van der Waals surface area contributed by atoms with Gasteiger partial charge < -0.3 is 14.8 Å². The number of carbonyl (C=O) groups is 3. The van der Waals surface area contributed by atoms with Crippen molar-refractivity contribution in [3.05, 3.63) is 12.2 Å². The molecule has 0 saturated carbocycles. The molecule has 6 nitrogen and oxygen atoms in total. The zero-order chi connectivity index (χ0) is 12.6. The van der Waals surface area contributed by atoms with Crippen molar-refractivity contribution < 1.29 is 23.9 Å². The van der Waals surface area contributed by atoms with Gasteiger partial charge in [-0.25, -0.2) is 9.59 Å². The smallest absolute Gasteiger partial charge is 0.330 e. The third-order valence-corrected chi connectivity index (χ3v) is 1.69. The Balaban J connectivity index is 4.32. The SMILES string of the molecule is COC(=O)/C=C/C[C@@H](NC(C)=O)C(=O)OC. The highest BCUT2D eigenvalue weighted by molar-refractivity contribution is 5.84. The minimum Gasteiger partial charge on any atom is -0.467 e. The van der Waals surface area contributed by atoms with Crippen molar-refractivity contribution in [1.29, 1.82) is 0 Å². The molecule has 0 aliphatic heterocycles. The standard InChI is InChI=1S/C10H15NO5/c1-7(12)11-8(10(14)16-3)5-4-6-9(13)15-2/h4,6,8H,5H2,1-3H3,(H,11,12)/b6-4+/t8-/m1/s1. The number of hydrogen-bond acceptors (Lipinski definition) is 5. The molecule has 16 heavy (non-hydrogen) atoms. The van der Waals surface area contributed by atoms with Gasteiger partial charge in [0, 0.05) is 13.0 Å². The quantitative estimate of drug-likeness (QED) is 0.520. The molecule has 0 fully saturated rings. The zero-order valence-electron chi connectivity index (χ0n) is 9.48. The van der Waals surface area contributed by atoms with Crippen LogP contribution in [0.5, 0.6) is 0 Å². The van der Waals surface area contributed by atoms with Crippen molar-refractivity contribution in [1.82, 2.24) is 5.32 Å². The summed E-state index contributed by atoms with van der Waals surface area (Å²) in [4.78, 5) is 32.7. The lowest BCUT2D eigenvalue weighted by Crippen LogP contribution is -2.39. The monoisotopic (exact) mass is 229 g/mol. The molecular weight excluding hydrogens is 214 g/mol. The van der Waals surface area contributed by atoms with Gasteiger partial charge in [0.05, 0.1) is 14.2 Å². The molecule has 0 unspecified atom stereocenters. The summed E-state index contributed by atoms with van der Waals surface area (Å²) in [6.45, 7) is 1.29. The molecule has 0 aliphatic rings. The maximum Gasteiger partial charge on any atom is 0.330 e. The second-order valence-corrected chi connectivity index (χ2v) is 2.94. The van der Waals surface area contributed by atoms with E-state index in [1.54, 1.807) is 0 Å². The van der Waals surface area contributed by atoms with E-state index in [-0.39, 0.29) is 12.3 Å². The van der Waals surface area contributed by atoms with E-state index >= 15 is 0 Å². The van der Waals surface area contributed by atoms with Gasteiger partial charge in [-0.1, -0.05) is 6.08 Å². The van der Waals surface area contributed by atoms with Crippen LogP contribution >= 0.6 is 0 Å². The van der Waals surface area contributed by atoms with Gasteiger partial charge >= 0.3 is 11.9 Å². The van der Waals surface area contributed by atoms with Crippen LogP contribution in [0.1, 0.15) is 13.3 Å². The molecule has 0 bridgehead atoms. The minimum absolute atomic E-state index is 0.168. The fourth-order valence-electron chi connectivity index (χ4n) is 0.970. The fraction of sp³-hybridized carbons (Fsp3) is 0.500. The molecule has 0 aromatic carbocycles. The van der Waals surface area contributed by atoms with Gasteiger partial charge in [-0.15, -0.1) is 0 Å². The Kier molecular flexibility index (Phi) is 6.58. The Labute approximate surface area is 93.6 Å². The molecule has 0 aliphatic carbocycles. The molecule has 0 aromatic rings. The number of hydrogen-bond donors (Lipinski definition) is 1. The first-order valence-corrected chi connectivity index (χ1v) is 4.60. The van der Waals surface area contributed by atoms with Crippen molar-refractivity contribution >= 4 is 17.8 Å². The third kappa shape index (κ3) is 5.79. The number of rotatable bonds is 5. The predicted octanol–water partition coefficient (Wildman–Crippen LogP) is -0.217. The van der Waals surface area contributed by atoms with E-state index in [0.29, 0.717) is 0 Å². The van der Waals surface area contributed by atoms with E-state index in [0.717, 1.165) is 0 Å². The van der Waals surface area contributed by atoms with Gasteiger partial charge in [0.25, 0.3) is 0 Å². The number of ether oxygens (including phenoxy) is 2. The normalized spacial score (nSPS) is 11.9. The predicted molar refractivity (Wildman–Crippen MR) is 55.4 cm³/mol. The molecule has 90 valence electrons. The van der Waals surface area contributed by atoms with Crippen LogP contribution in [0, 0.1) is 0 Å². The Morgan fingerprint density at radius 2 is 1.88 bits per heavy atom. The van der Waals surface area contributed by atoms with Gasteiger partial charge in [-0.2, -0.15) is 0 Å². The Hall–Kier alpha value is -1.85. The highest BCUT2D eigenvalue weighted by atomic mass is 16.5. The van der Waals surface area contributed by atoms with Crippen LogP contribution in [-0.2, 0) is 23.9 Å². The Bertz CT molecular complexity index is 298. The summed E-state index contributed by atoms with van der Waals surface area (Å²) < 4.78 is 8.86. The summed E-state index contributed by atoms with van der Waals surface area (Å²) in [6.07, 6.45) is 2.78. The molecule has 1 amide bonds. The van der Waals surface area contributed by atoms with Gasteiger partial charge in [0.2, 0.25) is 5.91 Å². The summed E-state index contributed by atoms with van der Waals surface area (Å²) in [5.41, 5.74) is 0. The molecule has 6 heteroatoms. The van der Waals surface area contributed by atoms with Crippen LogP contribution in [0.15, 0.2) is 12.2 Å². The molecule has 0 radical (unpaired) electrons. The van der Waals surface area contributed by atoms with Crippen LogP contribution in [0.4, 0.5) is 0 Å². The molecular formula is C10H15NO5. The van der Waals surface area contributed by atoms with Crippen LogP contribution in [-0.4, -0.2) is 38.1 Å². The Morgan fingerprint density at radius 3 is 2.31 bits per heavy atom. The maximum atomic E-state index is 11.2. The van der Waals surface area contributed by atoms with Gasteiger partial charge in [0.1, 0.15) is 6.04 Å². The highest BCUT2D eigenvalue weighted by Gasteiger charge is 2.18. The van der Waals surface area contributed by atoms with Crippen LogP contribution in [0.25, 0.3) is 0 Å². The third-order valence-electron chi connectivity index (χ3n) is 1.69. The summed E-state index contributed by atoms with van der Waals surface area (Å²) in [6, 6.07) is -0.789. The molecule has 0 heterocycles. The number of amides is 1. The van der Waals surface area contributed by atoms with Gasteiger partial charge in [-0.3, -0.25) is 4.79 Å². The number of esters is 2. The lowest BCUT2D eigenvalue weighted by molar-refractivity contribution is -0.144. The maximum absolute atomic E-state index is 11.2. The van der Waals surface area contributed by atoms with Crippen molar-refractivity contribution in [2.45, 2.75) is 19.4 Å². The van der Waals surface area contributed by atoms with Crippen molar-refractivity contribution in [2.24, 2.45) is 0 Å². The van der Waals surface area contributed by atoms with Crippen LogP contribution < -0.4 is 5.32 Å². The topological polar surface area (TPSA) is 81.7 Å². The zero-order valence-corrected chi connectivity index (χ0v) is 9.48. The summed E-state index contributed by atoms with van der Waals surface area (Å²) in [5.74, 6) is -1.43. The first kappa shape index (κ1) is 14.2. The first-order valence-electron chi connectivity index (χ1n) is 4.60. The van der Waals surface area contributed by atoms with Crippen LogP contribution in [0.3, 0.4) is 0 Å². The van der Waals surface area contributed by atoms with Crippen molar-refractivity contribution in [2.75, 3.05) is 14.2 Å². The highest BCUT2D eigenvalue weighted by Crippen LogP contribution is 1.97. The van der Waals surface area contributed by atoms with Gasteiger partial charge in [-0.05, 0) is 6.42 Å². The largest absolute Gasteiger partial charge is 0.467 e. The first-order chi connectivity index (χ1) is 7.51. The lowest BCUT2D eigenvalue weighted by Gasteiger charge is -2.12. The fourth-order valence-corrected chi connectivity index (χ4v) is 0.970. The average Bonchev–Trinajstić information content (AvgIpc) is 2.25. The molecule has 0 saturated heterocycles. The summed E-state index contributed by atoms with van der Waals surface area (Å²) in [5, 5.41) is 2.41. The average molecular weight is 229 g/mol. The van der Waals surface area contributed by atoms with E-state index in [2.05, 4.69) is 14.8 Å². The molecule has 0 rings (SSSR count). The van der Waals surface area contributed by atoms with E-state index in [4.69, 9.17) is 0 Å². The van der Waals surface area contributed by atoms with Gasteiger partial charge in [0.15, 0.2) is 0 Å². The number of nitrogens with one attached hydrogen (secondary N) is 1. The van der Waals surface area contributed by atoms with E-state index in [1.165, 1.54) is 33.3 Å². The van der Waals surface area contributed by atoms with Crippen molar-refractivity contribution in [3.63, 3.8) is 0 Å². The van der Waals surface area contributed by atoms with Crippen LogP contribution in [0.2, 0.25) is 0 Å². The Morgan fingerprint density at radius 1 is 1.25 bits per heavy atom. The molecule has 0 aromatic heterocycles. The van der Waals surface area contributed by atoms with E-state index in [1.807, 2.05) is 0 Å². The molecule has 1 N–H and O–H groups in total. The molecule has 0 spiro atoms. The number of methoxy groups -OCH3 is 2. The number of carbonyl (C=O) groups excluding carboxylic acids is 3. The summed E-state index contributed by atoms with van der Waals surface area (Å²) in [7, 11) is 2.47. The summed E-state index contributed by atoms with van der Waals surface area (Å²) >= 11 is 0.